The lowest BCUT2D eigenvalue weighted by Gasteiger charge is -2.42. The van der Waals surface area contributed by atoms with Gasteiger partial charge in [0.15, 0.2) is 11.4 Å². The first-order chi connectivity index (χ1) is 20.2. The van der Waals surface area contributed by atoms with Gasteiger partial charge in [-0.3, -0.25) is 0 Å². The lowest BCUT2D eigenvalue weighted by atomic mass is 9.94. The van der Waals surface area contributed by atoms with E-state index in [0.717, 1.165) is 11.4 Å². The fourth-order valence-corrected chi connectivity index (χ4v) is 6.20. The zero-order chi connectivity index (χ0) is 27.8. The quantitative estimate of drug-likeness (QED) is 0.223. The molecule has 1 heterocycles. The fraction of sp³-hybridized carbons (Fsp3) is 0.0526. The summed E-state index contributed by atoms with van der Waals surface area (Å²) in [6, 6.07) is 54.6. The molecule has 0 fully saturated rings. The molecule has 198 valence electrons. The van der Waals surface area contributed by atoms with Gasteiger partial charge < -0.3 is 10.2 Å². The molecule has 41 heavy (non-hydrogen) atoms. The normalized spacial score (nSPS) is 13.0. The van der Waals surface area contributed by atoms with Crippen LogP contribution in [0.3, 0.4) is 0 Å². The van der Waals surface area contributed by atoms with Gasteiger partial charge in [0.25, 0.3) is 0 Å². The molecule has 0 spiro atoms. The Labute approximate surface area is 242 Å². The highest BCUT2D eigenvalue weighted by atomic mass is 15.4. The van der Waals surface area contributed by atoms with Crippen LogP contribution in [0.5, 0.6) is 0 Å². The third-order valence-electron chi connectivity index (χ3n) is 8.06. The molecule has 0 aromatic heterocycles. The summed E-state index contributed by atoms with van der Waals surface area (Å²) in [6.07, 6.45) is 0. The Kier molecular flexibility index (Phi) is 6.15. The van der Waals surface area contributed by atoms with Crippen LogP contribution in [0.2, 0.25) is 0 Å². The van der Waals surface area contributed by atoms with Crippen LogP contribution in [0.1, 0.15) is 0 Å². The average Bonchev–Trinajstić information content (AvgIpc) is 3.04. The van der Waals surface area contributed by atoms with Crippen molar-refractivity contribution >= 4 is 39.8 Å². The number of hydrogen-bond acceptors (Lipinski definition) is 2. The number of rotatable bonds is 5. The maximum Gasteiger partial charge on any atom is 0.174 e. The van der Waals surface area contributed by atoms with E-state index in [4.69, 9.17) is 0 Å². The summed E-state index contributed by atoms with van der Waals surface area (Å²) in [5, 5.41) is 3.89. The van der Waals surface area contributed by atoms with Gasteiger partial charge in [-0.05, 0) is 34.9 Å². The first-order valence-corrected chi connectivity index (χ1v) is 14.0. The number of benzene rings is 6. The summed E-state index contributed by atoms with van der Waals surface area (Å²) in [6.45, 7) is 0. The van der Waals surface area contributed by atoms with Crippen LogP contribution in [-0.2, 0) is 0 Å². The van der Waals surface area contributed by atoms with Crippen molar-refractivity contribution < 1.29 is 0 Å². The van der Waals surface area contributed by atoms with E-state index in [1.165, 1.54) is 50.7 Å². The number of anilines is 3. The summed E-state index contributed by atoms with van der Waals surface area (Å²) < 4.78 is 0.477. The standard InChI is InChI=1S/C38H32N3/c1-40(2)36-27-38-35(26-33(36)29-17-9-4-10-18-29)39-34-25-30(28-15-7-3-8-16-28)23-24-37(34)41(38,31-19-11-5-12-20-31)32-21-13-6-14-22-32/h3-27,39H,1-2H3/q+1. The number of nitrogens with one attached hydrogen (secondary N) is 1. The second-order valence-electron chi connectivity index (χ2n) is 10.7. The lowest BCUT2D eigenvalue weighted by molar-refractivity contribution is 0.701. The maximum absolute atomic E-state index is 3.89. The van der Waals surface area contributed by atoms with Gasteiger partial charge >= 0.3 is 0 Å². The molecule has 3 nitrogen and oxygen atoms in total. The molecule has 3 heteroatoms. The molecule has 0 saturated heterocycles. The van der Waals surface area contributed by atoms with E-state index in [9.17, 15) is 0 Å². The van der Waals surface area contributed by atoms with Gasteiger partial charge in [0, 0.05) is 56.1 Å². The van der Waals surface area contributed by atoms with E-state index >= 15 is 0 Å². The van der Waals surface area contributed by atoms with Crippen LogP contribution < -0.4 is 14.7 Å². The predicted molar refractivity (Wildman–Crippen MR) is 175 cm³/mol. The molecule has 1 aliphatic rings. The van der Waals surface area contributed by atoms with Gasteiger partial charge in [0.1, 0.15) is 22.7 Å². The topological polar surface area (TPSA) is 15.3 Å². The molecule has 0 atom stereocenters. The first kappa shape index (κ1) is 24.9. The highest BCUT2D eigenvalue weighted by Gasteiger charge is 2.46. The van der Waals surface area contributed by atoms with Gasteiger partial charge in [-0.2, -0.15) is 4.48 Å². The average molecular weight is 531 g/mol. The molecule has 0 aliphatic carbocycles. The molecular formula is C38H32N3+. The van der Waals surface area contributed by atoms with Crippen molar-refractivity contribution in [1.29, 1.82) is 0 Å². The van der Waals surface area contributed by atoms with Gasteiger partial charge in [0.05, 0.1) is 5.69 Å². The molecule has 1 N–H and O–H groups in total. The van der Waals surface area contributed by atoms with Crippen LogP contribution in [0.4, 0.5) is 39.8 Å². The van der Waals surface area contributed by atoms with Gasteiger partial charge in [-0.15, -0.1) is 0 Å². The highest BCUT2D eigenvalue weighted by molar-refractivity contribution is 6.02. The zero-order valence-corrected chi connectivity index (χ0v) is 23.3. The summed E-state index contributed by atoms with van der Waals surface area (Å²) in [7, 11) is 4.26. The minimum atomic E-state index is 0.477. The second kappa shape index (κ2) is 10.1. The lowest BCUT2D eigenvalue weighted by Crippen LogP contribution is -2.37. The smallest absolute Gasteiger partial charge is 0.174 e. The highest BCUT2D eigenvalue weighted by Crippen LogP contribution is 2.61. The van der Waals surface area contributed by atoms with Crippen molar-refractivity contribution in [3.8, 4) is 22.3 Å². The van der Waals surface area contributed by atoms with E-state index < -0.39 is 0 Å². The molecule has 0 unspecified atom stereocenters. The molecule has 6 aromatic carbocycles. The molecule has 0 bridgehead atoms. The largest absolute Gasteiger partial charge is 0.377 e. The minimum absolute atomic E-state index is 0.477. The van der Waals surface area contributed by atoms with E-state index in [2.05, 4.69) is 176 Å². The summed E-state index contributed by atoms with van der Waals surface area (Å²) in [4.78, 5) is 2.22. The van der Waals surface area contributed by atoms with Crippen LogP contribution in [0.25, 0.3) is 22.3 Å². The maximum atomic E-state index is 3.89. The van der Waals surface area contributed by atoms with E-state index in [0.29, 0.717) is 4.48 Å². The van der Waals surface area contributed by atoms with Crippen molar-refractivity contribution in [3.05, 3.63) is 152 Å². The number of hydrogen-bond donors (Lipinski definition) is 1. The molecule has 0 radical (unpaired) electrons. The second-order valence-corrected chi connectivity index (χ2v) is 10.7. The van der Waals surface area contributed by atoms with Crippen molar-refractivity contribution in [1.82, 2.24) is 4.48 Å². The Morgan fingerprint density at radius 1 is 0.463 bits per heavy atom. The first-order valence-electron chi connectivity index (χ1n) is 14.0. The summed E-state index contributed by atoms with van der Waals surface area (Å²) in [5.74, 6) is 0. The summed E-state index contributed by atoms with van der Waals surface area (Å²) in [5.41, 5.74) is 12.9. The third-order valence-corrected chi connectivity index (χ3v) is 8.06. The van der Waals surface area contributed by atoms with Crippen LogP contribution in [0.15, 0.2) is 152 Å². The van der Waals surface area contributed by atoms with E-state index in [1.807, 2.05) is 0 Å². The van der Waals surface area contributed by atoms with Gasteiger partial charge in [0.2, 0.25) is 0 Å². The molecule has 1 aliphatic heterocycles. The predicted octanol–water partition coefficient (Wildman–Crippen LogP) is 10.4. The SMILES string of the molecule is CN(C)c1cc2c(cc1-c1ccccc1)Nc1cc(-c3ccccc3)ccc1[N+]2(c1ccccc1)c1ccccc1. The molecule has 0 saturated carbocycles. The van der Waals surface area contributed by atoms with Gasteiger partial charge in [-0.1, -0.05) is 97.1 Å². The zero-order valence-electron chi connectivity index (χ0n) is 23.3. The molecule has 7 rings (SSSR count). The van der Waals surface area contributed by atoms with Crippen molar-refractivity contribution in [2.45, 2.75) is 0 Å². The van der Waals surface area contributed by atoms with Crippen molar-refractivity contribution in [2.24, 2.45) is 0 Å². The van der Waals surface area contributed by atoms with Crippen LogP contribution in [-0.4, -0.2) is 14.1 Å². The summed E-state index contributed by atoms with van der Waals surface area (Å²) >= 11 is 0. The monoisotopic (exact) mass is 530 g/mol. The number of fused-ring (bicyclic) bond motifs is 2. The Balaban J connectivity index is 1.59. The Morgan fingerprint density at radius 3 is 1.54 bits per heavy atom. The van der Waals surface area contributed by atoms with Crippen LogP contribution in [0, 0.1) is 0 Å². The van der Waals surface area contributed by atoms with Crippen molar-refractivity contribution in [2.75, 3.05) is 24.3 Å². The van der Waals surface area contributed by atoms with Crippen molar-refractivity contribution in [3.63, 3.8) is 0 Å². The molecule has 6 aromatic rings. The molecule has 0 amide bonds. The van der Waals surface area contributed by atoms with E-state index in [-0.39, 0.29) is 0 Å². The van der Waals surface area contributed by atoms with E-state index in [1.54, 1.807) is 0 Å². The molecular weight excluding hydrogens is 498 g/mol. The number of nitrogens with zero attached hydrogens (tertiary/aromatic N) is 2. The number of para-hydroxylation sites is 2. The Hall–Kier alpha value is -5.12. The van der Waals surface area contributed by atoms with Gasteiger partial charge in [-0.25, -0.2) is 0 Å². The van der Waals surface area contributed by atoms with Crippen LogP contribution >= 0.6 is 0 Å². The fourth-order valence-electron chi connectivity index (χ4n) is 6.20. The number of quaternary nitrogens is 1. The Bertz CT molecular complexity index is 1770. The third kappa shape index (κ3) is 4.10. The Morgan fingerprint density at radius 2 is 0.976 bits per heavy atom. The minimum Gasteiger partial charge on any atom is -0.377 e.